The summed E-state index contributed by atoms with van der Waals surface area (Å²) in [6.07, 6.45) is 29.0. The van der Waals surface area contributed by atoms with Gasteiger partial charge >= 0.3 is 0 Å². The minimum Gasteiger partial charge on any atom is -0.355 e. The van der Waals surface area contributed by atoms with Crippen LogP contribution in [0.25, 0.3) is 61.2 Å². The summed E-state index contributed by atoms with van der Waals surface area (Å²) >= 11 is 4.22. The van der Waals surface area contributed by atoms with E-state index in [-0.39, 0.29) is 18.1 Å². The summed E-state index contributed by atoms with van der Waals surface area (Å²) < 4.78 is 25.6. The van der Waals surface area contributed by atoms with Crippen LogP contribution in [0.5, 0.6) is 0 Å². The highest BCUT2D eigenvalue weighted by atomic mass is 32.2. The molecule has 90 heavy (non-hydrogen) atoms. The predicted octanol–water partition coefficient (Wildman–Crippen LogP) is 9.81. The molecule has 3 atom stereocenters. The Morgan fingerprint density at radius 3 is 1.79 bits per heavy atom. The van der Waals surface area contributed by atoms with Gasteiger partial charge in [-0.05, 0) is 112 Å². The van der Waals surface area contributed by atoms with Gasteiger partial charge in [0.05, 0.1) is 59.7 Å². The number of aromatic nitrogens is 14. The Balaban J connectivity index is 0.746. The molecule has 0 bridgehead atoms. The lowest BCUT2D eigenvalue weighted by molar-refractivity contribution is -0.752. The van der Waals surface area contributed by atoms with Crippen LogP contribution in [-0.4, -0.2) is 109 Å². The zero-order valence-electron chi connectivity index (χ0n) is 48.3. The molecule has 3 saturated heterocycles. The summed E-state index contributed by atoms with van der Waals surface area (Å²) in [5.74, 6) is 0.454. The summed E-state index contributed by atoms with van der Waals surface area (Å²) in [7, 11) is 0. The molecule has 444 valence electrons. The molecule has 21 nitrogen and oxygen atoms in total. The Hall–Kier alpha value is -9.78. The first-order valence-electron chi connectivity index (χ1n) is 29.6. The number of nitrogens with two attached hydrogens (primary N) is 1. The van der Waals surface area contributed by atoms with E-state index in [1.165, 1.54) is 47.5 Å². The lowest BCUT2D eigenvalue weighted by Gasteiger charge is -2.22. The Labute approximate surface area is 528 Å². The fourth-order valence-corrected chi connectivity index (χ4v) is 15.0. The summed E-state index contributed by atoms with van der Waals surface area (Å²) in [5.41, 5.74) is 16.8. The fourth-order valence-electron chi connectivity index (χ4n) is 12.1. The van der Waals surface area contributed by atoms with Crippen molar-refractivity contribution in [3.8, 4) is 62.8 Å². The van der Waals surface area contributed by atoms with Gasteiger partial charge in [-0.1, -0.05) is 35.3 Å². The van der Waals surface area contributed by atoms with Crippen molar-refractivity contribution in [1.82, 2.24) is 73.9 Å². The molecule has 0 radical (unpaired) electrons. The van der Waals surface area contributed by atoms with Gasteiger partial charge in [0.1, 0.15) is 67.3 Å². The largest absolute Gasteiger partial charge is 0.355 e. The third-order valence-electron chi connectivity index (χ3n) is 16.7. The van der Waals surface area contributed by atoms with E-state index in [4.69, 9.17) is 36.0 Å². The number of nitriles is 3. The van der Waals surface area contributed by atoms with Crippen LogP contribution in [0.4, 0.5) is 10.2 Å². The van der Waals surface area contributed by atoms with Crippen molar-refractivity contribution in [3.63, 3.8) is 0 Å². The summed E-state index contributed by atoms with van der Waals surface area (Å²) in [6.45, 7) is 5.68. The molecule has 0 spiro atoms. The highest BCUT2D eigenvalue weighted by molar-refractivity contribution is 8.00. The van der Waals surface area contributed by atoms with E-state index in [9.17, 15) is 20.2 Å². The van der Waals surface area contributed by atoms with Crippen LogP contribution >= 0.6 is 35.3 Å². The molecule has 0 amide bonds. The molecule has 0 saturated carbocycles. The minimum absolute atomic E-state index is 0.136. The standard InChI is InChI=1S/C65H55FN21S3/c66-50-8-12-61(76-29-50)89-56-19-45(49-28-78-84(37-49)53-4-2-15-72-31-53)38-87-64(56)47(21-68)33-82(87)32-40-5-10-59(74-23-40)90-57-18-44(48-27-77-83(36-48)52-3-1-14-71-30-52)35-86-65(57)54(22-69)62(80-86)42-7-11-60(75-25-42)88-55-17-43(34-85-63(55)46(20-67)26-79-85)41-6-9-58(73-24-41)81-16-13-51(70)39-81/h5-12,17-19,23-29,33-38,51-53,71-72H,1-4,13-16,30-32,39,70H2/q+1/t51-,52+,53+/m1/s1. The van der Waals surface area contributed by atoms with E-state index >= 15 is 0 Å². The van der Waals surface area contributed by atoms with Crippen molar-refractivity contribution in [2.24, 2.45) is 5.73 Å². The van der Waals surface area contributed by atoms with Crippen LogP contribution in [0.1, 0.15) is 66.4 Å². The number of piperidine rings is 2. The predicted molar refractivity (Wildman–Crippen MR) is 338 cm³/mol. The van der Waals surface area contributed by atoms with Crippen molar-refractivity contribution in [1.29, 1.82) is 15.8 Å². The van der Waals surface area contributed by atoms with Crippen molar-refractivity contribution in [2.45, 2.75) is 86.5 Å². The Morgan fingerprint density at radius 1 is 0.578 bits per heavy atom. The molecule has 0 aliphatic carbocycles. The number of anilines is 1. The van der Waals surface area contributed by atoms with Gasteiger partial charge in [0.2, 0.25) is 6.20 Å². The summed E-state index contributed by atoms with van der Waals surface area (Å²) in [5, 5.41) is 60.1. The third-order valence-corrected chi connectivity index (χ3v) is 19.7. The normalized spacial score (nSPS) is 16.9. The summed E-state index contributed by atoms with van der Waals surface area (Å²) in [6, 6.07) is 28.9. The molecule has 15 rings (SSSR count). The van der Waals surface area contributed by atoms with Gasteiger partial charge in [0, 0.05) is 135 Å². The lowest BCUT2D eigenvalue weighted by atomic mass is 10.1. The van der Waals surface area contributed by atoms with Gasteiger partial charge in [0.25, 0.3) is 0 Å². The topological polar surface area (TPSA) is 255 Å². The molecule has 3 aliphatic heterocycles. The lowest BCUT2D eigenvalue weighted by Crippen LogP contribution is -2.39. The Morgan fingerprint density at radius 2 is 1.20 bits per heavy atom. The number of nitrogens with one attached hydrogen (secondary N) is 2. The maximum Gasteiger partial charge on any atom is 0.214 e. The molecule has 0 unspecified atom stereocenters. The molecule has 12 aromatic heterocycles. The molecular weight excluding hydrogens is 1190 g/mol. The van der Waals surface area contributed by atoms with Gasteiger partial charge in [-0.3, -0.25) is 9.36 Å². The third kappa shape index (κ3) is 11.2. The first-order chi connectivity index (χ1) is 44.2. The van der Waals surface area contributed by atoms with E-state index in [1.807, 2.05) is 117 Å². The monoisotopic (exact) mass is 1240 g/mol. The SMILES string of the molecule is N#Cc1cnn2cc(-c3ccc(N4CC[C@@H](N)C4)nc3)cc(Sc3ccc(-c4nn5cc(-c6cnn([C@H]7CCCNC7)c6)cc(Sc6ccc(C[n+]7cc(C#N)c8c(Sc9ccc(F)cn9)cc(-c9cnn([C@H]%10CCCNC%10)c9)cn87)cn6)c5c4C#N)cn3)c12. The Kier molecular flexibility index (Phi) is 15.3. The number of fused-ring (bicyclic) bond motifs is 3. The Bertz CT molecular complexity index is 4810. The van der Waals surface area contributed by atoms with Crippen LogP contribution in [0, 0.1) is 39.8 Å². The first kappa shape index (κ1) is 56.7. The number of rotatable bonds is 15. The van der Waals surface area contributed by atoms with Crippen LogP contribution in [-0.2, 0) is 6.54 Å². The highest BCUT2D eigenvalue weighted by Gasteiger charge is 2.27. The van der Waals surface area contributed by atoms with E-state index in [0.29, 0.717) is 66.1 Å². The molecule has 4 N–H and O–H groups in total. The van der Waals surface area contributed by atoms with E-state index in [0.717, 1.165) is 131 Å². The van der Waals surface area contributed by atoms with Crippen LogP contribution in [0.15, 0.2) is 177 Å². The zero-order chi connectivity index (χ0) is 60.8. The van der Waals surface area contributed by atoms with Crippen LogP contribution in [0.3, 0.4) is 0 Å². The molecule has 3 fully saturated rings. The maximum absolute atomic E-state index is 14.1. The highest BCUT2D eigenvalue weighted by Crippen LogP contribution is 2.41. The van der Waals surface area contributed by atoms with E-state index in [2.05, 4.69) is 62.3 Å². The quantitative estimate of drug-likeness (QED) is 0.0807. The van der Waals surface area contributed by atoms with Crippen molar-refractivity contribution in [3.05, 3.63) is 175 Å². The molecule has 15 heterocycles. The van der Waals surface area contributed by atoms with Crippen molar-refractivity contribution >= 4 is 57.7 Å². The summed E-state index contributed by atoms with van der Waals surface area (Å²) in [4.78, 5) is 23.6. The minimum atomic E-state index is -0.430. The van der Waals surface area contributed by atoms with Crippen LogP contribution in [0.2, 0.25) is 0 Å². The average Bonchev–Trinajstić information content (AvgIpc) is 2.53. The molecule has 0 aromatic carbocycles. The number of nitrogens with zero attached hydrogens (tertiary/aromatic N) is 18. The second-order valence-corrected chi connectivity index (χ2v) is 25.8. The van der Waals surface area contributed by atoms with Gasteiger partial charge < -0.3 is 21.3 Å². The molecule has 12 aromatic rings. The first-order valence-corrected chi connectivity index (χ1v) is 32.0. The van der Waals surface area contributed by atoms with Crippen LogP contribution < -0.4 is 25.9 Å². The van der Waals surface area contributed by atoms with Crippen molar-refractivity contribution in [2.75, 3.05) is 44.2 Å². The number of pyridine rings is 7. The second kappa shape index (κ2) is 24.3. The number of halogens is 1. The number of hydrogen-bond donors (Lipinski definition) is 3. The van der Waals surface area contributed by atoms with Gasteiger partial charge in [0.15, 0.2) is 6.54 Å². The molecule has 25 heteroatoms. The van der Waals surface area contributed by atoms with Gasteiger partial charge in [-0.25, -0.2) is 33.4 Å². The molecular formula is C65H55FN21S3+. The number of hydrogen-bond acceptors (Lipinski definition) is 18. The van der Waals surface area contributed by atoms with E-state index < -0.39 is 5.82 Å². The second-order valence-electron chi connectivity index (χ2n) is 22.6. The zero-order valence-corrected chi connectivity index (χ0v) is 50.8. The smallest absolute Gasteiger partial charge is 0.214 e. The van der Waals surface area contributed by atoms with Gasteiger partial charge in [-0.15, -0.1) is 9.20 Å². The molecule has 3 aliphatic rings. The van der Waals surface area contributed by atoms with Crippen molar-refractivity contribution < 1.29 is 9.07 Å². The maximum atomic E-state index is 14.1. The van der Waals surface area contributed by atoms with E-state index in [1.54, 1.807) is 27.5 Å². The van der Waals surface area contributed by atoms with Gasteiger partial charge in [-0.2, -0.15) is 36.2 Å². The average molecular weight is 1250 g/mol. The fraction of sp³-hybridized carbons (Fsp3) is 0.231.